The number of anilines is 1. The number of aromatic nitrogens is 1. The monoisotopic (exact) mass is 488 g/mol. The zero-order chi connectivity index (χ0) is 26.2. The van der Waals surface area contributed by atoms with Crippen molar-refractivity contribution in [3.8, 4) is 28.1 Å². The predicted octanol–water partition coefficient (Wildman–Crippen LogP) is 6.48. The summed E-state index contributed by atoms with van der Waals surface area (Å²) in [6.07, 6.45) is -0.926. The average Bonchev–Trinajstić information content (AvgIpc) is 2.84. The Morgan fingerprint density at radius 3 is 2.42 bits per heavy atom. The molecule has 1 aliphatic heterocycles. The summed E-state index contributed by atoms with van der Waals surface area (Å²) >= 11 is 0. The van der Waals surface area contributed by atoms with Gasteiger partial charge in [0.1, 0.15) is 12.4 Å². The van der Waals surface area contributed by atoms with Crippen LogP contribution in [0.1, 0.15) is 54.8 Å². The van der Waals surface area contributed by atoms with E-state index in [-0.39, 0.29) is 0 Å². The molecule has 0 aliphatic carbocycles. The molecule has 2 heterocycles. The van der Waals surface area contributed by atoms with Crippen LogP contribution in [0.4, 0.5) is 5.69 Å². The van der Waals surface area contributed by atoms with Crippen molar-refractivity contribution in [2.75, 3.05) is 25.6 Å². The number of benzene rings is 2. The van der Waals surface area contributed by atoms with E-state index in [1.165, 1.54) is 18.2 Å². The van der Waals surface area contributed by atoms with E-state index in [0.717, 1.165) is 57.2 Å². The number of esters is 1. The zero-order valence-electron chi connectivity index (χ0n) is 22.5. The Bertz CT molecular complexity index is 1310. The van der Waals surface area contributed by atoms with E-state index >= 15 is 0 Å². The van der Waals surface area contributed by atoms with Crippen molar-refractivity contribution in [1.82, 2.24) is 4.98 Å². The summed E-state index contributed by atoms with van der Waals surface area (Å²) in [6, 6.07) is 12.5. The van der Waals surface area contributed by atoms with Gasteiger partial charge < -0.3 is 19.5 Å². The second-order valence-electron chi connectivity index (χ2n) is 10.4. The molecule has 0 fully saturated rings. The highest BCUT2D eigenvalue weighted by Gasteiger charge is 2.34. The number of hydrogen-bond donors (Lipinski definition) is 1. The highest BCUT2D eigenvalue weighted by atomic mass is 16.6. The first kappa shape index (κ1) is 25.7. The fraction of sp³-hybridized carbons (Fsp3) is 0.400. The van der Waals surface area contributed by atoms with Crippen molar-refractivity contribution < 1.29 is 19.0 Å². The van der Waals surface area contributed by atoms with Crippen LogP contribution < -0.4 is 10.1 Å². The molecule has 0 amide bonds. The van der Waals surface area contributed by atoms with Gasteiger partial charge in [-0.15, -0.1) is 0 Å². The number of methoxy groups -OCH3 is 1. The van der Waals surface area contributed by atoms with Gasteiger partial charge in [-0.25, -0.2) is 4.79 Å². The molecule has 190 valence electrons. The van der Waals surface area contributed by atoms with E-state index < -0.39 is 17.7 Å². The van der Waals surface area contributed by atoms with Crippen LogP contribution in [0.3, 0.4) is 0 Å². The summed E-state index contributed by atoms with van der Waals surface area (Å²) in [5.74, 6) is 0.369. The van der Waals surface area contributed by atoms with E-state index in [4.69, 9.17) is 19.2 Å². The van der Waals surface area contributed by atoms with E-state index in [2.05, 4.69) is 50.4 Å². The summed E-state index contributed by atoms with van der Waals surface area (Å²) in [5.41, 5.74) is 9.02. The van der Waals surface area contributed by atoms with E-state index in [0.29, 0.717) is 6.61 Å². The number of hydrogen-bond acceptors (Lipinski definition) is 6. The molecule has 1 aromatic heterocycles. The van der Waals surface area contributed by atoms with Crippen molar-refractivity contribution >= 4 is 11.7 Å². The van der Waals surface area contributed by atoms with Crippen LogP contribution in [0.2, 0.25) is 0 Å². The van der Waals surface area contributed by atoms with Crippen molar-refractivity contribution in [2.24, 2.45) is 0 Å². The highest BCUT2D eigenvalue weighted by molar-refractivity contribution is 5.87. The molecule has 1 atom stereocenters. The van der Waals surface area contributed by atoms with E-state index in [1.807, 2.05) is 39.8 Å². The second-order valence-corrected chi connectivity index (χ2v) is 10.4. The molecule has 1 aliphatic rings. The molecule has 0 unspecified atom stereocenters. The molecule has 36 heavy (non-hydrogen) atoms. The maximum atomic E-state index is 13.1. The van der Waals surface area contributed by atoms with Gasteiger partial charge in [-0.2, -0.15) is 0 Å². The van der Waals surface area contributed by atoms with Gasteiger partial charge >= 0.3 is 5.97 Å². The summed E-state index contributed by atoms with van der Waals surface area (Å²) < 4.78 is 17.3. The molecule has 6 nitrogen and oxygen atoms in total. The van der Waals surface area contributed by atoms with Gasteiger partial charge in [0.05, 0.1) is 24.1 Å². The van der Waals surface area contributed by atoms with Gasteiger partial charge in [-0.05, 0) is 94.5 Å². The second kappa shape index (κ2) is 9.94. The number of carbonyl (C=O) groups is 1. The lowest BCUT2D eigenvalue weighted by molar-refractivity contribution is -0.164. The first-order valence-electron chi connectivity index (χ1n) is 12.4. The Morgan fingerprint density at radius 2 is 1.75 bits per heavy atom. The number of nitrogens with zero attached hydrogens (tertiary/aromatic N) is 1. The zero-order valence-corrected chi connectivity index (χ0v) is 22.5. The number of aryl methyl sites for hydroxylation is 3. The lowest BCUT2D eigenvalue weighted by Gasteiger charge is -2.30. The third-order valence-electron chi connectivity index (χ3n) is 6.54. The summed E-state index contributed by atoms with van der Waals surface area (Å²) in [7, 11) is 1.39. The van der Waals surface area contributed by atoms with Crippen LogP contribution in [0.5, 0.6) is 5.75 Å². The Labute approximate surface area is 214 Å². The third-order valence-corrected chi connectivity index (χ3v) is 6.54. The maximum Gasteiger partial charge on any atom is 0.339 e. The number of carbonyl (C=O) groups excluding carboxylic acids is 1. The quantitative estimate of drug-likeness (QED) is 0.414. The molecule has 0 saturated heterocycles. The van der Waals surface area contributed by atoms with Crippen LogP contribution in [-0.4, -0.2) is 36.8 Å². The topological polar surface area (TPSA) is 69.7 Å². The molecule has 4 rings (SSSR count). The highest BCUT2D eigenvalue weighted by Crippen LogP contribution is 2.43. The molecule has 0 bridgehead atoms. The molecule has 1 N–H and O–H groups in total. The van der Waals surface area contributed by atoms with Crippen molar-refractivity contribution in [3.63, 3.8) is 0 Å². The average molecular weight is 489 g/mol. The minimum atomic E-state index is -0.926. The number of ether oxygens (including phenoxy) is 3. The van der Waals surface area contributed by atoms with Crippen molar-refractivity contribution in [3.05, 3.63) is 64.3 Å². The number of fused-ring (bicyclic) bond motifs is 1. The smallest absolute Gasteiger partial charge is 0.339 e. The van der Waals surface area contributed by atoms with E-state index in [9.17, 15) is 4.79 Å². The van der Waals surface area contributed by atoms with Gasteiger partial charge in [0, 0.05) is 23.4 Å². The molecule has 3 aromatic rings. The van der Waals surface area contributed by atoms with Crippen molar-refractivity contribution in [1.29, 1.82) is 0 Å². The third kappa shape index (κ3) is 5.09. The molecule has 6 heteroatoms. The largest absolute Gasteiger partial charge is 0.490 e. The molecule has 0 saturated carbocycles. The van der Waals surface area contributed by atoms with Crippen LogP contribution in [0.15, 0.2) is 36.4 Å². The molecule has 0 radical (unpaired) electrons. The number of pyridine rings is 1. The van der Waals surface area contributed by atoms with Gasteiger partial charge in [0.25, 0.3) is 0 Å². The Balaban J connectivity index is 2.02. The maximum absolute atomic E-state index is 13.1. The molecule has 0 spiro atoms. The normalized spacial score (nSPS) is 13.9. The van der Waals surface area contributed by atoms with Crippen molar-refractivity contribution in [2.45, 2.75) is 60.2 Å². The number of nitrogens with one attached hydrogen (secondary N) is 1. The van der Waals surface area contributed by atoms with E-state index in [1.54, 1.807) is 0 Å². The summed E-state index contributed by atoms with van der Waals surface area (Å²) in [4.78, 5) is 18.1. The minimum absolute atomic E-state index is 0.450. The molecular weight excluding hydrogens is 452 g/mol. The van der Waals surface area contributed by atoms with Gasteiger partial charge in [-0.3, -0.25) is 4.98 Å². The predicted molar refractivity (Wildman–Crippen MR) is 144 cm³/mol. The Hall–Kier alpha value is -3.38. The van der Waals surface area contributed by atoms with Gasteiger partial charge in [-0.1, -0.05) is 18.2 Å². The van der Waals surface area contributed by atoms with Gasteiger partial charge in [0.15, 0.2) is 6.10 Å². The lowest BCUT2D eigenvalue weighted by Crippen LogP contribution is -2.29. The summed E-state index contributed by atoms with van der Waals surface area (Å²) in [6.45, 7) is 15.4. The minimum Gasteiger partial charge on any atom is -0.490 e. The fourth-order valence-corrected chi connectivity index (χ4v) is 4.66. The Kier molecular flexibility index (Phi) is 7.10. The Morgan fingerprint density at radius 1 is 1.03 bits per heavy atom. The van der Waals surface area contributed by atoms with Crippen LogP contribution in [-0.2, 0) is 14.3 Å². The summed E-state index contributed by atoms with van der Waals surface area (Å²) in [5, 5.41) is 3.42. The standard InChI is InChI=1S/C30H36N2O4/c1-17-9-10-22(15-18(17)2)27-19(3)25(21-11-12-24-23(16-21)31-13-14-35-24)26(20(4)32-27)28(29(33)34-8)36-30(5,6)7/h9-12,15-16,28,31H,13-14H2,1-8H3/t28-/m0/s1. The molecular formula is C30H36N2O4. The van der Waals surface area contributed by atoms with Crippen LogP contribution >= 0.6 is 0 Å². The number of rotatable bonds is 5. The van der Waals surface area contributed by atoms with Gasteiger partial charge in [0.2, 0.25) is 0 Å². The first-order chi connectivity index (χ1) is 17.0. The lowest BCUT2D eigenvalue weighted by atomic mass is 9.88. The SMILES string of the molecule is COC(=O)[C@@H](OC(C)(C)C)c1c(C)nc(-c2ccc(C)c(C)c2)c(C)c1-c1ccc2c(c1)NCCO2. The fourth-order valence-electron chi connectivity index (χ4n) is 4.66. The van der Waals surface area contributed by atoms with Crippen LogP contribution in [0, 0.1) is 27.7 Å². The molecule has 2 aromatic carbocycles. The van der Waals surface area contributed by atoms with Crippen LogP contribution in [0.25, 0.3) is 22.4 Å². The first-order valence-corrected chi connectivity index (χ1v) is 12.4.